The summed E-state index contributed by atoms with van der Waals surface area (Å²) in [7, 11) is 0. The number of pyridine rings is 1. The maximum atomic E-state index is 6.05. The Labute approximate surface area is 95.1 Å². The van der Waals surface area contributed by atoms with E-state index in [1.807, 2.05) is 22.9 Å². The highest BCUT2D eigenvalue weighted by atomic mass is 15.3. The largest absolute Gasteiger partial charge is 0.396 e. The molecule has 16 heavy (non-hydrogen) atoms. The summed E-state index contributed by atoms with van der Waals surface area (Å²) in [5.41, 5.74) is 8.84. The first kappa shape index (κ1) is 10.7. The molecule has 2 aromatic rings. The van der Waals surface area contributed by atoms with Crippen molar-refractivity contribution in [3.8, 4) is 5.82 Å². The van der Waals surface area contributed by atoms with Gasteiger partial charge in [0.2, 0.25) is 0 Å². The number of nitrogen functional groups attached to an aromatic ring is 1. The van der Waals surface area contributed by atoms with Crippen molar-refractivity contribution in [2.24, 2.45) is 0 Å². The molecule has 0 spiro atoms. The normalized spacial score (nSPS) is 10.6. The van der Waals surface area contributed by atoms with Gasteiger partial charge in [-0.05, 0) is 25.0 Å². The average molecular weight is 216 g/mol. The van der Waals surface area contributed by atoms with Crippen LogP contribution in [0, 0.1) is 0 Å². The zero-order valence-electron chi connectivity index (χ0n) is 9.64. The Bertz CT molecular complexity index is 473. The van der Waals surface area contributed by atoms with Crippen LogP contribution in [-0.4, -0.2) is 14.8 Å². The highest BCUT2D eigenvalue weighted by molar-refractivity contribution is 5.50. The molecule has 0 atom stereocenters. The van der Waals surface area contributed by atoms with Gasteiger partial charge < -0.3 is 5.73 Å². The third-order valence-corrected chi connectivity index (χ3v) is 2.63. The van der Waals surface area contributed by atoms with Gasteiger partial charge in [-0.25, -0.2) is 9.67 Å². The van der Waals surface area contributed by atoms with Crippen LogP contribution < -0.4 is 5.73 Å². The first-order valence-corrected chi connectivity index (χ1v) is 5.55. The number of hydrogen-bond donors (Lipinski definition) is 1. The van der Waals surface area contributed by atoms with E-state index in [1.165, 1.54) is 0 Å². The van der Waals surface area contributed by atoms with Crippen molar-refractivity contribution in [3.63, 3.8) is 0 Å². The quantitative estimate of drug-likeness (QED) is 0.853. The van der Waals surface area contributed by atoms with Gasteiger partial charge in [-0.1, -0.05) is 19.9 Å². The molecule has 2 N–H and O–H groups in total. The predicted molar refractivity (Wildman–Crippen MR) is 64.5 cm³/mol. The second-order valence-corrected chi connectivity index (χ2v) is 3.61. The zero-order valence-corrected chi connectivity index (χ0v) is 9.64. The van der Waals surface area contributed by atoms with Crippen LogP contribution in [-0.2, 0) is 12.8 Å². The van der Waals surface area contributed by atoms with Crippen molar-refractivity contribution in [1.82, 2.24) is 14.8 Å². The van der Waals surface area contributed by atoms with Crippen LogP contribution in [0.25, 0.3) is 5.82 Å². The van der Waals surface area contributed by atoms with Gasteiger partial charge in [0.25, 0.3) is 0 Å². The minimum Gasteiger partial charge on any atom is -0.396 e. The molecule has 4 heteroatoms. The molecule has 2 rings (SSSR count). The van der Waals surface area contributed by atoms with Gasteiger partial charge in [-0.3, -0.25) is 0 Å². The molecular weight excluding hydrogens is 200 g/mol. The fourth-order valence-electron chi connectivity index (χ4n) is 1.79. The van der Waals surface area contributed by atoms with E-state index in [-0.39, 0.29) is 0 Å². The molecular formula is C12H16N4. The van der Waals surface area contributed by atoms with Crippen LogP contribution in [0.4, 0.5) is 5.69 Å². The van der Waals surface area contributed by atoms with Crippen LogP contribution in [0.5, 0.6) is 0 Å². The average Bonchev–Trinajstić information content (AvgIpc) is 2.66. The maximum Gasteiger partial charge on any atom is 0.153 e. The highest BCUT2D eigenvalue weighted by Crippen LogP contribution is 2.20. The Balaban J connectivity index is 2.57. The Hall–Kier alpha value is -1.84. The summed E-state index contributed by atoms with van der Waals surface area (Å²) < 4.78 is 1.84. The Morgan fingerprint density at radius 1 is 1.25 bits per heavy atom. The van der Waals surface area contributed by atoms with Crippen LogP contribution in [0.3, 0.4) is 0 Å². The minimum atomic E-state index is 0.802. The van der Waals surface area contributed by atoms with Gasteiger partial charge in [0.05, 0.1) is 17.1 Å². The van der Waals surface area contributed by atoms with Crippen molar-refractivity contribution >= 4 is 5.69 Å². The monoisotopic (exact) mass is 216 g/mol. The van der Waals surface area contributed by atoms with Crippen molar-refractivity contribution in [1.29, 1.82) is 0 Å². The topological polar surface area (TPSA) is 56.7 Å². The van der Waals surface area contributed by atoms with Crippen molar-refractivity contribution < 1.29 is 0 Å². The summed E-state index contributed by atoms with van der Waals surface area (Å²) >= 11 is 0. The lowest BCUT2D eigenvalue weighted by Gasteiger charge is -2.04. The lowest BCUT2D eigenvalue weighted by atomic mass is 10.2. The molecule has 0 unspecified atom stereocenters. The van der Waals surface area contributed by atoms with Gasteiger partial charge in [-0.2, -0.15) is 5.10 Å². The molecule has 0 aliphatic rings. The van der Waals surface area contributed by atoms with Gasteiger partial charge in [0.15, 0.2) is 5.82 Å². The molecule has 0 saturated carbocycles. The Morgan fingerprint density at radius 2 is 2.06 bits per heavy atom. The lowest BCUT2D eigenvalue weighted by molar-refractivity contribution is 0.772. The van der Waals surface area contributed by atoms with E-state index in [9.17, 15) is 0 Å². The summed E-state index contributed by atoms with van der Waals surface area (Å²) in [6.07, 6.45) is 3.46. The van der Waals surface area contributed by atoms with Crippen molar-refractivity contribution in [2.75, 3.05) is 5.73 Å². The molecule has 4 nitrogen and oxygen atoms in total. The maximum absolute atomic E-state index is 6.05. The van der Waals surface area contributed by atoms with Crippen LogP contribution in [0.2, 0.25) is 0 Å². The van der Waals surface area contributed by atoms with E-state index in [0.717, 1.165) is 35.7 Å². The van der Waals surface area contributed by atoms with E-state index >= 15 is 0 Å². The summed E-state index contributed by atoms with van der Waals surface area (Å²) in [6.45, 7) is 4.13. The standard InChI is InChI=1S/C12H16N4/c1-3-9-12(13)10(4-2)16(15-9)11-7-5-6-8-14-11/h5-8H,3-4,13H2,1-2H3. The molecule has 0 amide bonds. The Kier molecular flexibility index (Phi) is 2.90. The van der Waals surface area contributed by atoms with E-state index in [4.69, 9.17) is 5.73 Å². The molecule has 0 saturated heterocycles. The van der Waals surface area contributed by atoms with Crippen LogP contribution in [0.1, 0.15) is 25.2 Å². The second kappa shape index (κ2) is 4.35. The summed E-state index contributed by atoms with van der Waals surface area (Å²) in [6, 6.07) is 5.78. The summed E-state index contributed by atoms with van der Waals surface area (Å²) in [5.74, 6) is 0.825. The summed E-state index contributed by atoms with van der Waals surface area (Å²) in [5, 5.41) is 4.50. The van der Waals surface area contributed by atoms with Crippen LogP contribution >= 0.6 is 0 Å². The lowest BCUT2D eigenvalue weighted by Crippen LogP contribution is -2.04. The molecule has 2 aromatic heterocycles. The van der Waals surface area contributed by atoms with Crippen molar-refractivity contribution in [2.45, 2.75) is 26.7 Å². The van der Waals surface area contributed by atoms with Crippen LogP contribution in [0.15, 0.2) is 24.4 Å². The fraction of sp³-hybridized carbons (Fsp3) is 0.333. The predicted octanol–water partition coefficient (Wildman–Crippen LogP) is 1.97. The first-order valence-electron chi connectivity index (χ1n) is 5.55. The summed E-state index contributed by atoms with van der Waals surface area (Å²) in [4.78, 5) is 4.29. The SMILES string of the molecule is CCc1nn(-c2ccccn2)c(CC)c1N. The molecule has 0 aromatic carbocycles. The van der Waals surface area contributed by atoms with Crippen molar-refractivity contribution in [3.05, 3.63) is 35.8 Å². The fourth-order valence-corrected chi connectivity index (χ4v) is 1.79. The van der Waals surface area contributed by atoms with Gasteiger partial charge in [-0.15, -0.1) is 0 Å². The minimum absolute atomic E-state index is 0.802. The molecule has 0 aliphatic carbocycles. The molecule has 0 fully saturated rings. The molecule has 0 aliphatic heterocycles. The number of aryl methyl sites for hydroxylation is 1. The van der Waals surface area contributed by atoms with E-state index < -0.39 is 0 Å². The van der Waals surface area contributed by atoms with E-state index in [0.29, 0.717) is 0 Å². The number of anilines is 1. The number of rotatable bonds is 3. The number of aromatic nitrogens is 3. The Morgan fingerprint density at radius 3 is 2.62 bits per heavy atom. The first-order chi connectivity index (χ1) is 7.77. The molecule has 2 heterocycles. The molecule has 0 bridgehead atoms. The second-order valence-electron chi connectivity index (χ2n) is 3.61. The third kappa shape index (κ3) is 1.66. The van der Waals surface area contributed by atoms with Gasteiger partial charge >= 0.3 is 0 Å². The van der Waals surface area contributed by atoms with E-state index in [2.05, 4.69) is 23.9 Å². The van der Waals surface area contributed by atoms with Gasteiger partial charge in [0, 0.05) is 6.20 Å². The zero-order chi connectivity index (χ0) is 11.5. The van der Waals surface area contributed by atoms with Gasteiger partial charge in [0.1, 0.15) is 0 Å². The smallest absolute Gasteiger partial charge is 0.153 e. The molecule has 0 radical (unpaired) electrons. The number of nitrogens with zero attached hydrogens (tertiary/aromatic N) is 3. The van der Waals surface area contributed by atoms with E-state index in [1.54, 1.807) is 6.20 Å². The number of hydrogen-bond acceptors (Lipinski definition) is 3. The number of nitrogens with two attached hydrogens (primary N) is 1. The highest BCUT2D eigenvalue weighted by Gasteiger charge is 2.13. The molecule has 84 valence electrons. The third-order valence-electron chi connectivity index (χ3n) is 2.63.